The van der Waals surface area contributed by atoms with Gasteiger partial charge in [0.1, 0.15) is 11.9 Å². The number of benzene rings is 3. The van der Waals surface area contributed by atoms with Crippen molar-refractivity contribution in [2.24, 2.45) is 9.98 Å². The lowest BCUT2D eigenvalue weighted by Crippen LogP contribution is -2.46. The summed E-state index contributed by atoms with van der Waals surface area (Å²) in [6.07, 6.45) is 0. The van der Waals surface area contributed by atoms with Crippen LogP contribution in [0.4, 0.5) is 27.3 Å². The van der Waals surface area contributed by atoms with Crippen LogP contribution in [-0.4, -0.2) is 21.5 Å². The van der Waals surface area contributed by atoms with Gasteiger partial charge in [0.25, 0.3) is 0 Å². The summed E-state index contributed by atoms with van der Waals surface area (Å²) in [6.45, 7) is 2.04. The molecule has 2 aliphatic heterocycles. The van der Waals surface area contributed by atoms with Crippen molar-refractivity contribution < 1.29 is 4.39 Å². The Hall–Kier alpha value is -4.56. The number of rotatable bonds is 3. The lowest BCUT2D eigenvalue weighted by atomic mass is 9.98. The van der Waals surface area contributed by atoms with Crippen LogP contribution in [0.15, 0.2) is 106 Å². The van der Waals surface area contributed by atoms with Crippen LogP contribution >= 0.6 is 11.3 Å². The van der Waals surface area contributed by atoms with Crippen molar-refractivity contribution in [1.82, 2.24) is 9.78 Å². The van der Waals surface area contributed by atoms with Gasteiger partial charge < -0.3 is 10.2 Å². The minimum absolute atomic E-state index is 0.152. The van der Waals surface area contributed by atoms with E-state index in [1.54, 1.807) is 17.4 Å². The molecule has 0 aliphatic carbocycles. The Morgan fingerprint density at radius 3 is 2.54 bits per heavy atom. The SMILES string of the molecule is Cc1nn(-c2ccccc2)c2c1C(c1cccs1)N1C(=N2)C(Nc2cccc(F)c2)=Nc2ccccc21. The number of thiophene rings is 1. The third-order valence-corrected chi connectivity index (χ3v) is 7.46. The summed E-state index contributed by atoms with van der Waals surface area (Å²) in [4.78, 5) is 13.5. The number of anilines is 2. The fourth-order valence-electron chi connectivity index (χ4n) is 4.97. The van der Waals surface area contributed by atoms with Gasteiger partial charge in [-0.1, -0.05) is 42.5 Å². The van der Waals surface area contributed by atoms with Crippen molar-refractivity contribution in [1.29, 1.82) is 0 Å². The minimum atomic E-state index is -0.319. The number of aromatic nitrogens is 2. The lowest BCUT2D eigenvalue weighted by Gasteiger charge is -2.40. The fraction of sp³-hybridized carbons (Fsp3) is 0.0690. The van der Waals surface area contributed by atoms with Gasteiger partial charge in [-0.3, -0.25) is 0 Å². The predicted octanol–water partition coefficient (Wildman–Crippen LogP) is 7.18. The van der Waals surface area contributed by atoms with Gasteiger partial charge in [-0.25, -0.2) is 19.1 Å². The van der Waals surface area contributed by atoms with Gasteiger partial charge in [-0.05, 0) is 60.8 Å². The standard InChI is InChI=1S/C29H21FN6S/c1-18-25-26(24-15-8-16-37-24)35-23-14-6-5-13-22(23)32-27(31-20-10-7-9-19(30)17-20)29(35)33-28(25)36(34-18)21-11-3-2-4-12-21/h2-17,26H,1H3,(H,31,32). The van der Waals surface area contributed by atoms with E-state index in [-0.39, 0.29) is 11.9 Å². The molecule has 0 saturated heterocycles. The van der Waals surface area contributed by atoms with Crippen LogP contribution in [0.25, 0.3) is 5.69 Å². The number of hydrogen-bond acceptors (Lipinski definition) is 6. The summed E-state index contributed by atoms with van der Waals surface area (Å²) in [5, 5.41) is 10.4. The van der Waals surface area contributed by atoms with E-state index in [1.807, 2.05) is 66.2 Å². The van der Waals surface area contributed by atoms with Gasteiger partial charge in [0.2, 0.25) is 0 Å². The van der Waals surface area contributed by atoms with E-state index >= 15 is 0 Å². The van der Waals surface area contributed by atoms with Gasteiger partial charge in [0.05, 0.1) is 22.8 Å². The molecule has 0 bridgehead atoms. The molecule has 1 N–H and O–H groups in total. The second-order valence-electron chi connectivity index (χ2n) is 8.88. The molecule has 2 aromatic heterocycles. The first-order chi connectivity index (χ1) is 18.2. The van der Waals surface area contributed by atoms with E-state index in [0.29, 0.717) is 17.4 Å². The Bertz CT molecular complexity index is 1690. The molecule has 0 fully saturated rings. The zero-order valence-corrected chi connectivity index (χ0v) is 20.7. The highest BCUT2D eigenvalue weighted by atomic mass is 32.1. The molecule has 8 heteroatoms. The summed E-state index contributed by atoms with van der Waals surface area (Å²) in [6, 6.07) is 28.5. The molecule has 1 unspecified atom stereocenters. The maximum absolute atomic E-state index is 14.1. The van der Waals surface area contributed by atoms with Gasteiger partial charge >= 0.3 is 0 Å². The van der Waals surface area contributed by atoms with Crippen molar-refractivity contribution in [2.45, 2.75) is 13.0 Å². The molecular weight excluding hydrogens is 483 g/mol. The van der Waals surface area contributed by atoms with Crippen LogP contribution in [0.1, 0.15) is 22.2 Å². The van der Waals surface area contributed by atoms with Crippen molar-refractivity contribution in [3.63, 3.8) is 0 Å². The maximum atomic E-state index is 14.1. The summed E-state index contributed by atoms with van der Waals surface area (Å²) in [5.41, 5.74) is 5.28. The summed E-state index contributed by atoms with van der Waals surface area (Å²) >= 11 is 1.70. The third-order valence-electron chi connectivity index (χ3n) is 6.54. The number of para-hydroxylation sites is 3. The number of aryl methyl sites for hydroxylation is 1. The van der Waals surface area contributed by atoms with Crippen LogP contribution in [0.2, 0.25) is 0 Å². The second kappa shape index (κ2) is 8.53. The van der Waals surface area contributed by atoms with Crippen molar-refractivity contribution in [3.8, 4) is 5.69 Å². The van der Waals surface area contributed by atoms with E-state index in [0.717, 1.165) is 34.1 Å². The Morgan fingerprint density at radius 2 is 1.73 bits per heavy atom. The predicted molar refractivity (Wildman–Crippen MR) is 148 cm³/mol. The Kier molecular flexibility index (Phi) is 5.00. The number of nitrogens with zero attached hydrogens (tertiary/aromatic N) is 5. The van der Waals surface area contributed by atoms with E-state index in [9.17, 15) is 4.39 Å². The van der Waals surface area contributed by atoms with Crippen LogP contribution in [0, 0.1) is 12.7 Å². The smallest absolute Gasteiger partial charge is 0.179 e. The molecular formula is C29H21FN6S. The first-order valence-corrected chi connectivity index (χ1v) is 12.8. The molecule has 7 rings (SSSR count). The highest BCUT2D eigenvalue weighted by Crippen LogP contribution is 2.49. The first kappa shape index (κ1) is 21.7. The first-order valence-electron chi connectivity index (χ1n) is 11.9. The molecule has 1 atom stereocenters. The zero-order chi connectivity index (χ0) is 24.9. The van der Waals surface area contributed by atoms with Crippen LogP contribution in [0.3, 0.4) is 0 Å². The van der Waals surface area contributed by atoms with Crippen LogP contribution in [0.5, 0.6) is 0 Å². The highest BCUT2D eigenvalue weighted by molar-refractivity contribution is 7.10. The third kappa shape index (κ3) is 3.56. The maximum Gasteiger partial charge on any atom is 0.179 e. The van der Waals surface area contributed by atoms with Crippen LogP contribution in [-0.2, 0) is 0 Å². The van der Waals surface area contributed by atoms with E-state index < -0.39 is 0 Å². The topological polar surface area (TPSA) is 57.8 Å². The van der Waals surface area contributed by atoms with Gasteiger partial charge in [-0.2, -0.15) is 5.10 Å². The molecule has 5 aromatic rings. The number of aliphatic imine (C=N–C) groups is 2. The fourth-order valence-corrected chi connectivity index (χ4v) is 5.79. The number of halogens is 1. The average Bonchev–Trinajstić information content (AvgIpc) is 3.57. The average molecular weight is 505 g/mol. The Morgan fingerprint density at radius 1 is 0.892 bits per heavy atom. The molecule has 6 nitrogen and oxygen atoms in total. The quantitative estimate of drug-likeness (QED) is 0.283. The number of fused-ring (bicyclic) bond motifs is 4. The molecule has 2 aliphatic rings. The van der Waals surface area contributed by atoms with Crippen LogP contribution < -0.4 is 10.2 Å². The normalized spacial score (nSPS) is 15.8. The molecule has 3 aromatic carbocycles. The van der Waals surface area contributed by atoms with Crippen molar-refractivity contribution >= 4 is 45.9 Å². The molecule has 0 amide bonds. The summed E-state index contributed by atoms with van der Waals surface area (Å²) < 4.78 is 15.9. The molecule has 180 valence electrons. The molecule has 0 radical (unpaired) electrons. The monoisotopic (exact) mass is 504 g/mol. The zero-order valence-electron chi connectivity index (χ0n) is 19.8. The number of amidine groups is 2. The molecule has 4 heterocycles. The van der Waals surface area contributed by atoms with Crippen molar-refractivity contribution in [3.05, 3.63) is 118 Å². The summed E-state index contributed by atoms with van der Waals surface area (Å²) in [5.74, 6) is 1.66. The second-order valence-corrected chi connectivity index (χ2v) is 9.86. The van der Waals surface area contributed by atoms with Gasteiger partial charge in [0.15, 0.2) is 17.5 Å². The highest BCUT2D eigenvalue weighted by Gasteiger charge is 2.41. The molecule has 37 heavy (non-hydrogen) atoms. The van der Waals surface area contributed by atoms with Gasteiger partial charge in [-0.15, -0.1) is 11.3 Å². The van der Waals surface area contributed by atoms with Gasteiger partial charge in [0, 0.05) is 16.1 Å². The Balaban J connectivity index is 1.49. The van der Waals surface area contributed by atoms with E-state index in [1.165, 1.54) is 17.0 Å². The number of nitrogens with one attached hydrogen (secondary N) is 1. The lowest BCUT2D eigenvalue weighted by molar-refractivity contribution is 0.628. The minimum Gasteiger partial charge on any atom is -0.337 e. The number of hydrogen-bond donors (Lipinski definition) is 1. The Labute approximate surface area is 217 Å². The molecule has 0 saturated carbocycles. The molecule has 0 spiro atoms. The van der Waals surface area contributed by atoms with E-state index in [4.69, 9.17) is 15.1 Å². The van der Waals surface area contributed by atoms with Crippen molar-refractivity contribution in [2.75, 3.05) is 10.2 Å². The largest absolute Gasteiger partial charge is 0.337 e. The van der Waals surface area contributed by atoms with E-state index in [2.05, 4.69) is 33.8 Å². The summed E-state index contributed by atoms with van der Waals surface area (Å²) in [7, 11) is 0.